The van der Waals surface area contributed by atoms with Gasteiger partial charge in [0.15, 0.2) is 0 Å². The fourth-order valence-electron chi connectivity index (χ4n) is 1.44. The number of hydrogen-bond acceptors (Lipinski definition) is 3. The van der Waals surface area contributed by atoms with E-state index >= 15 is 0 Å². The maximum absolute atomic E-state index is 13.0. The number of aryl methyl sites for hydroxylation is 1. The van der Waals surface area contributed by atoms with E-state index in [-0.39, 0.29) is 5.88 Å². The first-order chi connectivity index (χ1) is 7.08. The molecule has 5 heteroatoms. The Hall–Kier alpha value is -1.91. The third-order valence-electron chi connectivity index (χ3n) is 2.04. The first-order valence-corrected chi connectivity index (χ1v) is 4.26. The standard InChI is InChI=1S/C10H8F2N2O/c1-5-9(10(13)15-14-5)6-2-7(11)4-8(12)3-6/h2-4H,13H2,1H3. The summed E-state index contributed by atoms with van der Waals surface area (Å²) in [7, 11) is 0. The zero-order chi connectivity index (χ0) is 11.0. The van der Waals surface area contributed by atoms with Crippen LogP contribution in [0, 0.1) is 18.6 Å². The van der Waals surface area contributed by atoms with Gasteiger partial charge in [0.2, 0.25) is 5.88 Å². The lowest BCUT2D eigenvalue weighted by molar-refractivity contribution is 0.431. The molecule has 0 aliphatic carbocycles. The number of benzene rings is 1. The van der Waals surface area contributed by atoms with Crippen LogP contribution in [-0.4, -0.2) is 5.16 Å². The minimum atomic E-state index is -0.662. The van der Waals surface area contributed by atoms with Gasteiger partial charge in [-0.3, -0.25) is 0 Å². The largest absolute Gasteiger partial charge is 0.367 e. The molecule has 0 aliphatic heterocycles. The molecular weight excluding hydrogens is 202 g/mol. The highest BCUT2D eigenvalue weighted by Crippen LogP contribution is 2.29. The summed E-state index contributed by atoms with van der Waals surface area (Å²) in [6.45, 7) is 1.65. The number of halogens is 2. The molecule has 0 amide bonds. The van der Waals surface area contributed by atoms with Crippen LogP contribution in [0.5, 0.6) is 0 Å². The van der Waals surface area contributed by atoms with Gasteiger partial charge in [0.1, 0.15) is 11.6 Å². The summed E-state index contributed by atoms with van der Waals surface area (Å²) in [5.74, 6) is -1.27. The Labute approximate surface area is 84.5 Å². The highest BCUT2D eigenvalue weighted by atomic mass is 19.1. The summed E-state index contributed by atoms with van der Waals surface area (Å²) >= 11 is 0. The molecule has 0 saturated heterocycles. The third kappa shape index (κ3) is 1.68. The molecule has 1 heterocycles. The number of aromatic nitrogens is 1. The summed E-state index contributed by atoms with van der Waals surface area (Å²) in [5, 5.41) is 3.61. The second kappa shape index (κ2) is 3.34. The van der Waals surface area contributed by atoms with Gasteiger partial charge in [-0.2, -0.15) is 0 Å². The second-order valence-electron chi connectivity index (χ2n) is 3.17. The summed E-state index contributed by atoms with van der Waals surface area (Å²) in [4.78, 5) is 0. The predicted molar refractivity (Wildman–Crippen MR) is 51.0 cm³/mol. The average Bonchev–Trinajstić information content (AvgIpc) is 2.44. The van der Waals surface area contributed by atoms with Crippen molar-refractivity contribution in [3.8, 4) is 11.1 Å². The van der Waals surface area contributed by atoms with Crippen LogP contribution in [0.15, 0.2) is 22.7 Å². The molecule has 0 saturated carbocycles. The normalized spacial score (nSPS) is 10.6. The Morgan fingerprint density at radius 3 is 2.27 bits per heavy atom. The van der Waals surface area contributed by atoms with Gasteiger partial charge in [-0.25, -0.2) is 8.78 Å². The van der Waals surface area contributed by atoms with Crippen molar-refractivity contribution < 1.29 is 13.3 Å². The van der Waals surface area contributed by atoms with Crippen molar-refractivity contribution in [2.24, 2.45) is 0 Å². The molecule has 0 aliphatic rings. The molecule has 0 fully saturated rings. The van der Waals surface area contributed by atoms with Crippen LogP contribution in [0.25, 0.3) is 11.1 Å². The zero-order valence-electron chi connectivity index (χ0n) is 7.92. The number of anilines is 1. The van der Waals surface area contributed by atoms with Gasteiger partial charge in [0.25, 0.3) is 0 Å². The van der Waals surface area contributed by atoms with Gasteiger partial charge in [-0.05, 0) is 24.6 Å². The van der Waals surface area contributed by atoms with Gasteiger partial charge < -0.3 is 10.3 Å². The fourth-order valence-corrected chi connectivity index (χ4v) is 1.44. The van der Waals surface area contributed by atoms with Crippen LogP contribution >= 0.6 is 0 Å². The minimum Gasteiger partial charge on any atom is -0.367 e. The maximum Gasteiger partial charge on any atom is 0.230 e. The number of hydrogen-bond donors (Lipinski definition) is 1. The molecule has 0 atom stereocenters. The topological polar surface area (TPSA) is 52.0 Å². The first kappa shape index (κ1) is 9.64. The van der Waals surface area contributed by atoms with Gasteiger partial charge in [-0.1, -0.05) is 5.16 Å². The highest BCUT2D eigenvalue weighted by Gasteiger charge is 2.13. The molecule has 0 unspecified atom stereocenters. The van der Waals surface area contributed by atoms with E-state index in [0.717, 1.165) is 6.07 Å². The average molecular weight is 210 g/mol. The van der Waals surface area contributed by atoms with E-state index in [1.807, 2.05) is 0 Å². The Kier molecular flexibility index (Phi) is 2.15. The van der Waals surface area contributed by atoms with E-state index in [1.54, 1.807) is 6.92 Å². The van der Waals surface area contributed by atoms with Gasteiger partial charge in [0.05, 0.1) is 11.3 Å². The van der Waals surface area contributed by atoms with Crippen LogP contribution in [0.1, 0.15) is 5.69 Å². The smallest absolute Gasteiger partial charge is 0.230 e. The van der Waals surface area contributed by atoms with Gasteiger partial charge >= 0.3 is 0 Å². The fraction of sp³-hybridized carbons (Fsp3) is 0.100. The van der Waals surface area contributed by atoms with Crippen molar-refractivity contribution in [3.05, 3.63) is 35.5 Å². The van der Waals surface area contributed by atoms with E-state index in [1.165, 1.54) is 12.1 Å². The molecule has 15 heavy (non-hydrogen) atoms. The van der Waals surface area contributed by atoms with Crippen molar-refractivity contribution >= 4 is 5.88 Å². The van der Waals surface area contributed by atoms with Crippen molar-refractivity contribution in [1.82, 2.24) is 5.16 Å². The third-order valence-corrected chi connectivity index (χ3v) is 2.04. The Morgan fingerprint density at radius 2 is 1.80 bits per heavy atom. The zero-order valence-corrected chi connectivity index (χ0v) is 7.92. The lowest BCUT2D eigenvalue weighted by Crippen LogP contribution is -1.89. The quantitative estimate of drug-likeness (QED) is 0.786. The lowest BCUT2D eigenvalue weighted by atomic mass is 10.1. The summed E-state index contributed by atoms with van der Waals surface area (Å²) < 4.78 is 30.6. The van der Waals surface area contributed by atoms with Crippen LogP contribution in [0.2, 0.25) is 0 Å². The molecule has 3 nitrogen and oxygen atoms in total. The second-order valence-corrected chi connectivity index (χ2v) is 3.17. The molecule has 0 spiro atoms. The molecule has 78 valence electrons. The van der Waals surface area contributed by atoms with Crippen LogP contribution in [0.4, 0.5) is 14.7 Å². The first-order valence-electron chi connectivity index (χ1n) is 4.26. The molecule has 2 aromatic rings. The van der Waals surface area contributed by atoms with Crippen molar-refractivity contribution in [3.63, 3.8) is 0 Å². The van der Waals surface area contributed by atoms with Crippen LogP contribution < -0.4 is 5.73 Å². The number of nitrogen functional groups attached to an aromatic ring is 1. The number of nitrogens with zero attached hydrogens (tertiary/aromatic N) is 1. The molecule has 1 aromatic heterocycles. The van der Waals surface area contributed by atoms with Crippen molar-refractivity contribution in [2.75, 3.05) is 5.73 Å². The summed E-state index contributed by atoms with van der Waals surface area (Å²) in [6, 6.07) is 3.15. The molecule has 0 bridgehead atoms. The Morgan fingerprint density at radius 1 is 1.20 bits per heavy atom. The van der Waals surface area contributed by atoms with Gasteiger partial charge in [0, 0.05) is 6.07 Å². The number of nitrogens with two attached hydrogens (primary N) is 1. The molecule has 0 radical (unpaired) electrons. The summed E-state index contributed by atoms with van der Waals surface area (Å²) in [5.41, 5.74) is 6.74. The molecule has 2 rings (SSSR count). The van der Waals surface area contributed by atoms with E-state index in [0.29, 0.717) is 16.8 Å². The number of rotatable bonds is 1. The van der Waals surface area contributed by atoms with E-state index < -0.39 is 11.6 Å². The van der Waals surface area contributed by atoms with Crippen molar-refractivity contribution in [1.29, 1.82) is 0 Å². The molecular formula is C10H8F2N2O. The monoisotopic (exact) mass is 210 g/mol. The minimum absolute atomic E-state index is 0.0532. The lowest BCUT2D eigenvalue weighted by Gasteiger charge is -2.00. The Bertz CT molecular complexity index is 468. The maximum atomic E-state index is 13.0. The molecule has 1 aromatic carbocycles. The van der Waals surface area contributed by atoms with E-state index in [9.17, 15) is 8.78 Å². The SMILES string of the molecule is Cc1noc(N)c1-c1cc(F)cc(F)c1. The summed E-state index contributed by atoms with van der Waals surface area (Å²) in [6.07, 6.45) is 0. The van der Waals surface area contributed by atoms with Crippen LogP contribution in [-0.2, 0) is 0 Å². The van der Waals surface area contributed by atoms with E-state index in [4.69, 9.17) is 10.3 Å². The van der Waals surface area contributed by atoms with Crippen molar-refractivity contribution in [2.45, 2.75) is 6.92 Å². The highest BCUT2D eigenvalue weighted by molar-refractivity contribution is 5.74. The Balaban J connectivity index is 2.63. The predicted octanol–water partition coefficient (Wildman–Crippen LogP) is 2.51. The van der Waals surface area contributed by atoms with E-state index in [2.05, 4.69) is 5.16 Å². The van der Waals surface area contributed by atoms with Crippen LogP contribution in [0.3, 0.4) is 0 Å². The van der Waals surface area contributed by atoms with Gasteiger partial charge in [-0.15, -0.1) is 0 Å². The molecule has 2 N–H and O–H groups in total.